The Kier molecular flexibility index (Phi) is 7.57. The maximum Gasteiger partial charge on any atom is 0.307 e. The van der Waals surface area contributed by atoms with E-state index in [4.69, 9.17) is 4.74 Å². The third kappa shape index (κ3) is 5.17. The van der Waals surface area contributed by atoms with Crippen molar-refractivity contribution >= 4 is 23.4 Å². The van der Waals surface area contributed by atoms with Crippen molar-refractivity contribution in [2.75, 3.05) is 7.11 Å². The average molecular weight is 561 g/mol. The van der Waals surface area contributed by atoms with Gasteiger partial charge in [0.1, 0.15) is 11.7 Å². The van der Waals surface area contributed by atoms with Crippen LogP contribution in [0.4, 0.5) is 8.78 Å². The van der Waals surface area contributed by atoms with Gasteiger partial charge in [0.15, 0.2) is 11.6 Å². The molecule has 41 heavy (non-hydrogen) atoms. The number of hydrogen-bond acceptors (Lipinski definition) is 5. The fourth-order valence-corrected chi connectivity index (χ4v) is 5.76. The number of carbonyl (C=O) groups is 3. The number of aromatic nitrogens is 2. The first-order valence-corrected chi connectivity index (χ1v) is 13.3. The van der Waals surface area contributed by atoms with Crippen molar-refractivity contribution in [3.63, 3.8) is 0 Å². The van der Waals surface area contributed by atoms with Crippen LogP contribution in [-0.2, 0) is 14.3 Å². The van der Waals surface area contributed by atoms with Gasteiger partial charge in [0.05, 0.1) is 25.1 Å². The predicted octanol–water partition coefficient (Wildman–Crippen LogP) is 4.92. The van der Waals surface area contributed by atoms with E-state index < -0.39 is 54.0 Å². The zero-order chi connectivity index (χ0) is 29.4. The molecular weight excluding hydrogens is 530 g/mol. The molecule has 212 valence electrons. The minimum atomic E-state index is -1.17. The van der Waals surface area contributed by atoms with Crippen LogP contribution in [0, 0.1) is 25.5 Å². The summed E-state index contributed by atoms with van der Waals surface area (Å²) in [6.07, 6.45) is 4.83. The molecule has 1 N–H and O–H groups in total. The number of esters is 1. The molecule has 0 saturated carbocycles. The summed E-state index contributed by atoms with van der Waals surface area (Å²) in [6.45, 7) is 5.49. The number of hydrogen-bond donors (Lipinski definition) is 1. The Hall–Kier alpha value is -4.60. The van der Waals surface area contributed by atoms with Gasteiger partial charge in [-0.15, -0.1) is 0 Å². The van der Waals surface area contributed by atoms with Crippen LogP contribution in [0.15, 0.2) is 61.1 Å². The molecule has 5 rings (SSSR count). The van der Waals surface area contributed by atoms with Crippen LogP contribution in [-0.4, -0.2) is 51.3 Å². The van der Waals surface area contributed by atoms with E-state index in [1.807, 2.05) is 32.0 Å². The Morgan fingerprint density at radius 2 is 1.85 bits per heavy atom. The first-order chi connectivity index (χ1) is 19.6. The molecule has 4 aromatic rings. The molecule has 3 atom stereocenters. The highest BCUT2D eigenvalue weighted by Gasteiger charge is 2.44. The number of halogens is 2. The molecule has 8 nitrogen and oxygen atoms in total. The van der Waals surface area contributed by atoms with E-state index in [9.17, 15) is 14.4 Å². The molecule has 0 aliphatic carbocycles. The fourth-order valence-electron chi connectivity index (χ4n) is 5.76. The number of methoxy groups -OCH3 is 1. The zero-order valence-corrected chi connectivity index (χ0v) is 23.2. The van der Waals surface area contributed by atoms with Gasteiger partial charge in [0.25, 0.3) is 5.91 Å². The number of pyridine rings is 1. The van der Waals surface area contributed by atoms with Gasteiger partial charge >= 0.3 is 5.97 Å². The van der Waals surface area contributed by atoms with Gasteiger partial charge in [-0.1, -0.05) is 18.2 Å². The van der Waals surface area contributed by atoms with E-state index in [0.29, 0.717) is 11.2 Å². The highest BCUT2D eigenvalue weighted by molar-refractivity contribution is 6.02. The topological polar surface area (TPSA) is 93.0 Å². The monoisotopic (exact) mass is 560 g/mol. The molecule has 2 unspecified atom stereocenters. The lowest BCUT2D eigenvalue weighted by atomic mass is 9.91. The Balaban J connectivity index is 1.52. The summed E-state index contributed by atoms with van der Waals surface area (Å²) in [5, 5.41) is 2.77. The summed E-state index contributed by atoms with van der Waals surface area (Å²) in [6, 6.07) is 8.93. The van der Waals surface area contributed by atoms with E-state index in [-0.39, 0.29) is 17.5 Å². The number of imidazole rings is 1. The van der Waals surface area contributed by atoms with Gasteiger partial charge in [0, 0.05) is 30.2 Å². The van der Waals surface area contributed by atoms with Crippen molar-refractivity contribution in [1.29, 1.82) is 0 Å². The van der Waals surface area contributed by atoms with Gasteiger partial charge in [-0.2, -0.15) is 0 Å². The Morgan fingerprint density at radius 1 is 1.12 bits per heavy atom. The Morgan fingerprint density at radius 3 is 2.56 bits per heavy atom. The first-order valence-electron chi connectivity index (χ1n) is 13.3. The molecular formula is C31H30F2N4O4. The number of ether oxygens (including phenoxy) is 1. The van der Waals surface area contributed by atoms with Crippen molar-refractivity contribution < 1.29 is 27.9 Å². The molecule has 1 aliphatic heterocycles. The van der Waals surface area contributed by atoms with Crippen molar-refractivity contribution in [2.45, 2.75) is 51.7 Å². The molecule has 2 aromatic carbocycles. The van der Waals surface area contributed by atoms with E-state index in [1.165, 1.54) is 18.1 Å². The van der Waals surface area contributed by atoms with Crippen LogP contribution in [0.5, 0.6) is 0 Å². The van der Waals surface area contributed by atoms with Crippen LogP contribution in [0.3, 0.4) is 0 Å². The highest BCUT2D eigenvalue weighted by Crippen LogP contribution is 2.38. The summed E-state index contributed by atoms with van der Waals surface area (Å²) in [7, 11) is 1.19. The molecule has 0 radical (unpaired) electrons. The minimum absolute atomic E-state index is 0.137. The lowest BCUT2D eigenvalue weighted by Crippen LogP contribution is -2.43. The lowest BCUT2D eigenvalue weighted by Gasteiger charge is -2.32. The van der Waals surface area contributed by atoms with Gasteiger partial charge in [-0.25, -0.2) is 13.8 Å². The fraction of sp³-hybridized carbons (Fsp3) is 0.290. The van der Waals surface area contributed by atoms with E-state index in [1.54, 1.807) is 42.0 Å². The maximum atomic E-state index is 15.5. The van der Waals surface area contributed by atoms with Crippen LogP contribution in [0.1, 0.15) is 52.9 Å². The normalized spacial score (nSPS) is 17.6. The molecule has 1 saturated heterocycles. The van der Waals surface area contributed by atoms with E-state index in [0.717, 1.165) is 22.8 Å². The third-order valence-electron chi connectivity index (χ3n) is 7.68. The number of likely N-dealkylation sites (tertiary alicyclic amines) is 1. The van der Waals surface area contributed by atoms with E-state index >= 15 is 8.78 Å². The molecule has 0 bridgehead atoms. The lowest BCUT2D eigenvalue weighted by molar-refractivity contribution is -0.143. The largest absolute Gasteiger partial charge is 0.469 e. The highest BCUT2D eigenvalue weighted by atomic mass is 19.2. The third-order valence-corrected chi connectivity index (χ3v) is 7.68. The summed E-state index contributed by atoms with van der Waals surface area (Å²) in [5.74, 6) is -3.93. The van der Waals surface area contributed by atoms with Crippen molar-refractivity contribution in [3.05, 3.63) is 94.9 Å². The number of nitrogens with zero attached hydrogens (tertiary/aromatic N) is 3. The number of carbonyl (C=O) groups excluding carboxylic acids is 3. The molecule has 0 spiro atoms. The second kappa shape index (κ2) is 11.1. The minimum Gasteiger partial charge on any atom is -0.469 e. The smallest absolute Gasteiger partial charge is 0.307 e. The van der Waals surface area contributed by atoms with Gasteiger partial charge in [0.2, 0.25) is 5.91 Å². The summed E-state index contributed by atoms with van der Waals surface area (Å²) < 4.78 is 37.2. The average Bonchev–Trinajstić information content (AvgIpc) is 3.52. The molecule has 3 heterocycles. The number of benzene rings is 2. The quantitative estimate of drug-likeness (QED) is 0.324. The summed E-state index contributed by atoms with van der Waals surface area (Å²) in [5.41, 5.74) is 3.49. The molecule has 2 aromatic heterocycles. The van der Waals surface area contributed by atoms with Crippen LogP contribution in [0.2, 0.25) is 0 Å². The second-order valence-corrected chi connectivity index (χ2v) is 10.4. The second-order valence-electron chi connectivity index (χ2n) is 10.4. The van der Waals surface area contributed by atoms with Gasteiger partial charge < -0.3 is 19.4 Å². The van der Waals surface area contributed by atoms with Crippen LogP contribution in [0.25, 0.3) is 16.8 Å². The number of fused-ring (bicyclic) bond motifs is 1. The number of amides is 2. The number of aryl methyl sites for hydroxylation is 2. The van der Waals surface area contributed by atoms with Crippen LogP contribution < -0.4 is 5.32 Å². The maximum absolute atomic E-state index is 15.5. The number of rotatable bonds is 7. The Bertz CT molecular complexity index is 1650. The summed E-state index contributed by atoms with van der Waals surface area (Å²) in [4.78, 5) is 45.0. The number of nitrogens with one attached hydrogen (secondary N) is 1. The van der Waals surface area contributed by atoms with Crippen molar-refractivity contribution in [2.24, 2.45) is 0 Å². The molecule has 1 aliphatic rings. The molecule has 2 amide bonds. The van der Waals surface area contributed by atoms with Crippen LogP contribution >= 0.6 is 0 Å². The zero-order valence-electron chi connectivity index (χ0n) is 23.2. The Labute approximate surface area is 235 Å². The van der Waals surface area contributed by atoms with Crippen molar-refractivity contribution in [1.82, 2.24) is 19.6 Å². The predicted molar refractivity (Wildman–Crippen MR) is 148 cm³/mol. The first kappa shape index (κ1) is 27.9. The molecule has 10 heteroatoms. The van der Waals surface area contributed by atoms with Gasteiger partial charge in [-0.05, 0) is 73.7 Å². The standard InChI is InChI=1S/C31H30F2N4O4/c1-17-7-5-8-18(2)27(17)20-14-22(28(33)23(32)15-20)25(16-26(38)41-4)37-19(3)13-24(31(37)40)35-30(39)21-9-6-11-36-12-10-34-29(21)36/h5-12,14-15,19,24-25H,13,16H2,1-4H3,(H,35,39)/t19?,24-,25?/m0/s1. The van der Waals surface area contributed by atoms with E-state index in [2.05, 4.69) is 10.3 Å². The van der Waals surface area contributed by atoms with Crippen molar-refractivity contribution in [3.8, 4) is 11.1 Å². The summed E-state index contributed by atoms with van der Waals surface area (Å²) >= 11 is 0. The SMILES string of the molecule is COC(=O)CC(c1cc(-c2c(C)cccc2C)cc(F)c1F)N1C(=O)[C@@H](NC(=O)c2cccn3ccnc23)CC1C. The van der Waals surface area contributed by atoms with Gasteiger partial charge in [-0.3, -0.25) is 14.4 Å². The molecule has 1 fully saturated rings.